The molecule has 0 bridgehead atoms. The van der Waals surface area contributed by atoms with E-state index in [1.807, 2.05) is 18.2 Å². The number of rotatable bonds is 4. The SMILES string of the molecule is COc1ccc(Br)c(CCN=C=O)c1. The maximum Gasteiger partial charge on any atom is 0.234 e. The zero-order valence-corrected chi connectivity index (χ0v) is 9.37. The Kier molecular flexibility index (Phi) is 4.36. The van der Waals surface area contributed by atoms with Crippen LogP contribution in [0.4, 0.5) is 0 Å². The maximum atomic E-state index is 9.88. The molecule has 0 aliphatic heterocycles. The van der Waals surface area contributed by atoms with Gasteiger partial charge in [-0.25, -0.2) is 9.79 Å². The Bertz CT molecular complexity index is 359. The van der Waals surface area contributed by atoms with E-state index in [-0.39, 0.29) is 0 Å². The molecule has 0 aliphatic rings. The molecule has 0 atom stereocenters. The summed E-state index contributed by atoms with van der Waals surface area (Å²) in [6, 6.07) is 5.71. The third-order valence-corrected chi connectivity index (χ3v) is 2.58. The topological polar surface area (TPSA) is 38.7 Å². The van der Waals surface area contributed by atoms with E-state index in [1.54, 1.807) is 7.11 Å². The molecular formula is C10H10BrNO2. The molecule has 0 aromatic heterocycles. The highest BCUT2D eigenvalue weighted by atomic mass is 79.9. The van der Waals surface area contributed by atoms with Gasteiger partial charge >= 0.3 is 0 Å². The summed E-state index contributed by atoms with van der Waals surface area (Å²) in [5, 5.41) is 0. The van der Waals surface area contributed by atoms with E-state index in [9.17, 15) is 4.79 Å². The molecule has 0 saturated heterocycles. The van der Waals surface area contributed by atoms with E-state index in [0.29, 0.717) is 13.0 Å². The first-order valence-corrected chi connectivity index (χ1v) is 4.93. The van der Waals surface area contributed by atoms with Crippen molar-refractivity contribution in [3.63, 3.8) is 0 Å². The number of aliphatic imine (C=N–C) groups is 1. The molecule has 0 unspecified atom stereocenters. The number of hydrogen-bond acceptors (Lipinski definition) is 3. The molecule has 0 N–H and O–H groups in total. The molecule has 0 fully saturated rings. The van der Waals surface area contributed by atoms with Crippen molar-refractivity contribution in [3.05, 3.63) is 28.2 Å². The molecule has 1 aromatic carbocycles. The molecule has 0 spiro atoms. The zero-order valence-electron chi connectivity index (χ0n) is 7.79. The Morgan fingerprint density at radius 2 is 2.36 bits per heavy atom. The smallest absolute Gasteiger partial charge is 0.234 e. The minimum absolute atomic E-state index is 0.454. The number of nitrogens with zero attached hydrogens (tertiary/aromatic N) is 1. The average Bonchev–Trinajstić information content (AvgIpc) is 2.21. The summed E-state index contributed by atoms with van der Waals surface area (Å²) in [6.07, 6.45) is 2.22. The van der Waals surface area contributed by atoms with E-state index in [2.05, 4.69) is 20.9 Å². The van der Waals surface area contributed by atoms with Crippen molar-refractivity contribution >= 4 is 22.0 Å². The van der Waals surface area contributed by atoms with Crippen LogP contribution in [0.3, 0.4) is 0 Å². The first-order chi connectivity index (χ1) is 6.77. The molecule has 0 amide bonds. The van der Waals surface area contributed by atoms with Crippen LogP contribution >= 0.6 is 15.9 Å². The van der Waals surface area contributed by atoms with Crippen LogP contribution in [-0.2, 0) is 11.2 Å². The van der Waals surface area contributed by atoms with Gasteiger partial charge in [-0.05, 0) is 30.2 Å². The van der Waals surface area contributed by atoms with Crippen molar-refractivity contribution in [2.75, 3.05) is 13.7 Å². The first kappa shape index (κ1) is 11.0. The van der Waals surface area contributed by atoms with Gasteiger partial charge in [0.05, 0.1) is 13.7 Å². The summed E-state index contributed by atoms with van der Waals surface area (Å²) in [4.78, 5) is 13.4. The van der Waals surface area contributed by atoms with Gasteiger partial charge in [0.15, 0.2) is 0 Å². The lowest BCUT2D eigenvalue weighted by atomic mass is 10.1. The highest BCUT2D eigenvalue weighted by molar-refractivity contribution is 9.10. The predicted molar refractivity (Wildman–Crippen MR) is 57.4 cm³/mol. The largest absolute Gasteiger partial charge is 0.497 e. The summed E-state index contributed by atoms with van der Waals surface area (Å²) in [5.41, 5.74) is 1.07. The number of hydrogen-bond donors (Lipinski definition) is 0. The quantitative estimate of drug-likeness (QED) is 0.612. The molecule has 0 heterocycles. The molecule has 0 radical (unpaired) electrons. The molecule has 74 valence electrons. The van der Waals surface area contributed by atoms with E-state index < -0.39 is 0 Å². The van der Waals surface area contributed by atoms with Crippen molar-refractivity contribution in [2.45, 2.75) is 6.42 Å². The highest BCUT2D eigenvalue weighted by Gasteiger charge is 2.01. The lowest BCUT2D eigenvalue weighted by Gasteiger charge is -2.05. The highest BCUT2D eigenvalue weighted by Crippen LogP contribution is 2.22. The van der Waals surface area contributed by atoms with E-state index in [1.165, 1.54) is 6.08 Å². The lowest BCUT2D eigenvalue weighted by molar-refractivity contribution is 0.414. The van der Waals surface area contributed by atoms with Gasteiger partial charge in [-0.2, -0.15) is 0 Å². The second-order valence-corrected chi connectivity index (χ2v) is 3.53. The second-order valence-electron chi connectivity index (χ2n) is 2.68. The van der Waals surface area contributed by atoms with E-state index in [0.717, 1.165) is 15.8 Å². The van der Waals surface area contributed by atoms with Crippen molar-refractivity contribution in [1.82, 2.24) is 0 Å². The third-order valence-electron chi connectivity index (χ3n) is 1.81. The summed E-state index contributed by atoms with van der Waals surface area (Å²) >= 11 is 3.42. The van der Waals surface area contributed by atoms with Crippen LogP contribution in [0.1, 0.15) is 5.56 Å². The van der Waals surface area contributed by atoms with Gasteiger partial charge in [0.2, 0.25) is 6.08 Å². The molecule has 0 aliphatic carbocycles. The number of benzene rings is 1. The van der Waals surface area contributed by atoms with Crippen LogP contribution in [0, 0.1) is 0 Å². The third kappa shape index (κ3) is 2.98. The summed E-state index contributed by atoms with van der Waals surface area (Å²) in [7, 11) is 1.62. The Morgan fingerprint density at radius 3 is 3.00 bits per heavy atom. The average molecular weight is 256 g/mol. The molecule has 1 aromatic rings. The van der Waals surface area contributed by atoms with Crippen molar-refractivity contribution in [1.29, 1.82) is 0 Å². The van der Waals surface area contributed by atoms with Crippen LogP contribution in [0.5, 0.6) is 5.75 Å². The number of halogens is 1. The van der Waals surface area contributed by atoms with Crippen LogP contribution in [0.15, 0.2) is 27.7 Å². The van der Waals surface area contributed by atoms with Gasteiger partial charge in [-0.3, -0.25) is 0 Å². The van der Waals surface area contributed by atoms with E-state index in [4.69, 9.17) is 4.74 Å². The molecule has 3 nitrogen and oxygen atoms in total. The van der Waals surface area contributed by atoms with Crippen molar-refractivity contribution < 1.29 is 9.53 Å². The predicted octanol–water partition coefficient (Wildman–Crippen LogP) is 2.34. The number of carbonyl (C=O) groups excluding carboxylic acids is 1. The van der Waals surface area contributed by atoms with Gasteiger partial charge < -0.3 is 4.74 Å². The monoisotopic (exact) mass is 255 g/mol. The Morgan fingerprint density at radius 1 is 1.57 bits per heavy atom. The van der Waals surface area contributed by atoms with Crippen LogP contribution in [0.2, 0.25) is 0 Å². The molecule has 14 heavy (non-hydrogen) atoms. The van der Waals surface area contributed by atoms with Crippen molar-refractivity contribution in [3.8, 4) is 5.75 Å². The second kappa shape index (κ2) is 5.58. The number of methoxy groups -OCH3 is 1. The zero-order chi connectivity index (χ0) is 10.4. The van der Waals surface area contributed by atoms with E-state index >= 15 is 0 Å². The van der Waals surface area contributed by atoms with Crippen LogP contribution < -0.4 is 4.74 Å². The van der Waals surface area contributed by atoms with Gasteiger partial charge in [0.1, 0.15) is 5.75 Å². The Balaban J connectivity index is 2.78. The van der Waals surface area contributed by atoms with Crippen LogP contribution in [0.25, 0.3) is 0 Å². The lowest BCUT2D eigenvalue weighted by Crippen LogP contribution is -1.92. The summed E-state index contributed by atoms with van der Waals surface area (Å²) in [5.74, 6) is 0.804. The fourth-order valence-corrected chi connectivity index (χ4v) is 1.54. The molecular weight excluding hydrogens is 246 g/mol. The summed E-state index contributed by atoms with van der Waals surface area (Å²) < 4.78 is 6.09. The van der Waals surface area contributed by atoms with Gasteiger partial charge in [-0.1, -0.05) is 15.9 Å². The Labute approximate surface area is 90.9 Å². The van der Waals surface area contributed by atoms with Gasteiger partial charge in [0, 0.05) is 4.47 Å². The fraction of sp³-hybridized carbons (Fsp3) is 0.300. The standard InChI is InChI=1S/C10H10BrNO2/c1-14-9-2-3-10(11)8(6-9)4-5-12-7-13/h2-3,6H,4-5H2,1H3. The molecule has 4 heteroatoms. The Hall–Kier alpha value is -1.12. The minimum Gasteiger partial charge on any atom is -0.497 e. The van der Waals surface area contributed by atoms with Crippen molar-refractivity contribution in [2.24, 2.45) is 4.99 Å². The first-order valence-electron chi connectivity index (χ1n) is 4.14. The van der Waals surface area contributed by atoms with Gasteiger partial charge in [0.25, 0.3) is 0 Å². The summed E-state index contributed by atoms with van der Waals surface area (Å²) in [6.45, 7) is 0.454. The normalized spacial score (nSPS) is 9.29. The molecule has 1 rings (SSSR count). The maximum absolute atomic E-state index is 9.88. The fourth-order valence-electron chi connectivity index (χ4n) is 1.09. The number of isocyanates is 1. The number of ether oxygens (including phenoxy) is 1. The van der Waals surface area contributed by atoms with Crippen LogP contribution in [-0.4, -0.2) is 19.7 Å². The molecule has 0 saturated carbocycles. The van der Waals surface area contributed by atoms with Gasteiger partial charge in [-0.15, -0.1) is 0 Å². The minimum atomic E-state index is 0.454.